The van der Waals surface area contributed by atoms with E-state index in [1.807, 2.05) is 0 Å². The molecule has 31 heavy (non-hydrogen) atoms. The van der Waals surface area contributed by atoms with Gasteiger partial charge in [-0.3, -0.25) is 4.90 Å². The summed E-state index contributed by atoms with van der Waals surface area (Å²) in [4.78, 5) is 2.38. The van der Waals surface area contributed by atoms with E-state index in [4.69, 9.17) is 11.6 Å². The van der Waals surface area contributed by atoms with E-state index in [2.05, 4.69) is 103 Å². The van der Waals surface area contributed by atoms with Crippen LogP contribution in [-0.2, 0) is 6.54 Å². The normalized spacial score (nSPS) is 11.7. The molecule has 5 rings (SSSR count). The molecule has 1 nitrogen and oxygen atoms in total. The van der Waals surface area contributed by atoms with Crippen molar-refractivity contribution in [1.82, 2.24) is 4.90 Å². The van der Waals surface area contributed by atoms with Crippen molar-refractivity contribution in [3.63, 3.8) is 0 Å². The summed E-state index contributed by atoms with van der Waals surface area (Å²) >= 11 is 5.96. The lowest BCUT2D eigenvalue weighted by Gasteiger charge is -2.19. The number of hydrogen-bond donors (Lipinski definition) is 0. The number of halogens is 1. The van der Waals surface area contributed by atoms with Crippen LogP contribution in [0.2, 0.25) is 0 Å². The van der Waals surface area contributed by atoms with Gasteiger partial charge in [-0.05, 0) is 61.6 Å². The third-order valence-corrected chi connectivity index (χ3v) is 6.44. The maximum Gasteiger partial charge on any atom is 0.0351 e. The molecule has 0 saturated heterocycles. The topological polar surface area (TPSA) is 3.24 Å². The molecule has 0 spiro atoms. The van der Waals surface area contributed by atoms with Crippen molar-refractivity contribution in [3.05, 3.63) is 96.6 Å². The Bertz CT molecular complexity index is 1350. The number of benzene rings is 5. The van der Waals surface area contributed by atoms with Crippen LogP contribution in [0.1, 0.15) is 12.5 Å². The summed E-state index contributed by atoms with van der Waals surface area (Å²) in [6.07, 6.45) is 0. The number of hydrogen-bond acceptors (Lipinski definition) is 1. The van der Waals surface area contributed by atoms with Crippen LogP contribution in [-0.4, -0.2) is 23.9 Å². The standard InChI is InChI=1S/C29H26ClN/c1-2-31(18-17-30)20-21-11-13-23(14-12-21)29-26-10-6-4-8-24(26)19-28-25-9-5-3-7-22(25)15-16-27(28)29/h3-16,19H,2,17-18,20H2,1H3. The van der Waals surface area contributed by atoms with E-state index in [0.717, 1.165) is 19.6 Å². The largest absolute Gasteiger partial charge is 0.298 e. The molecule has 0 radical (unpaired) electrons. The van der Waals surface area contributed by atoms with Crippen LogP contribution in [0.15, 0.2) is 91.0 Å². The minimum atomic E-state index is 0.669. The lowest BCUT2D eigenvalue weighted by molar-refractivity contribution is 0.297. The first kappa shape index (κ1) is 20.1. The van der Waals surface area contributed by atoms with Crippen LogP contribution in [0.5, 0.6) is 0 Å². The Morgan fingerprint density at radius 3 is 2.13 bits per heavy atom. The highest BCUT2D eigenvalue weighted by Crippen LogP contribution is 2.39. The smallest absolute Gasteiger partial charge is 0.0351 e. The molecule has 0 fully saturated rings. The van der Waals surface area contributed by atoms with E-state index in [1.54, 1.807) is 0 Å². The van der Waals surface area contributed by atoms with Gasteiger partial charge in [-0.1, -0.05) is 91.9 Å². The van der Waals surface area contributed by atoms with Crippen molar-refractivity contribution in [3.8, 4) is 11.1 Å². The van der Waals surface area contributed by atoms with Crippen LogP contribution in [0.25, 0.3) is 43.4 Å². The van der Waals surface area contributed by atoms with E-state index < -0.39 is 0 Å². The van der Waals surface area contributed by atoms with Crippen molar-refractivity contribution >= 4 is 43.9 Å². The number of rotatable bonds is 6. The van der Waals surface area contributed by atoms with E-state index >= 15 is 0 Å². The number of fused-ring (bicyclic) bond motifs is 4. The second-order valence-corrected chi connectivity index (χ2v) is 8.49. The van der Waals surface area contributed by atoms with Crippen LogP contribution in [0, 0.1) is 0 Å². The summed E-state index contributed by atoms with van der Waals surface area (Å²) in [5.74, 6) is 0.669. The first-order valence-electron chi connectivity index (χ1n) is 11.0. The van der Waals surface area contributed by atoms with Gasteiger partial charge >= 0.3 is 0 Å². The summed E-state index contributed by atoms with van der Waals surface area (Å²) in [7, 11) is 0. The second kappa shape index (κ2) is 8.70. The molecule has 0 unspecified atom stereocenters. The Morgan fingerprint density at radius 2 is 1.39 bits per heavy atom. The van der Waals surface area contributed by atoms with Gasteiger partial charge in [0.15, 0.2) is 0 Å². The van der Waals surface area contributed by atoms with Gasteiger partial charge in [0, 0.05) is 19.0 Å². The summed E-state index contributed by atoms with van der Waals surface area (Å²) in [5.41, 5.74) is 3.91. The molecule has 0 heterocycles. The molecule has 0 atom stereocenters. The van der Waals surface area contributed by atoms with Crippen molar-refractivity contribution in [2.45, 2.75) is 13.5 Å². The SMILES string of the molecule is CCN(CCCl)Cc1ccc(-c2c3ccccc3cc3c2ccc2ccccc23)cc1. The highest BCUT2D eigenvalue weighted by molar-refractivity contribution is 6.20. The predicted octanol–water partition coefficient (Wildman–Crippen LogP) is 7.87. The molecule has 0 aliphatic rings. The first-order valence-corrected chi connectivity index (χ1v) is 11.5. The number of nitrogens with zero attached hydrogens (tertiary/aromatic N) is 1. The third kappa shape index (κ3) is 3.80. The molecule has 154 valence electrons. The molecule has 0 amide bonds. The molecule has 0 bridgehead atoms. The Labute approximate surface area is 188 Å². The molecule has 5 aromatic carbocycles. The summed E-state index contributed by atoms with van der Waals surface area (Å²) in [5, 5.41) is 7.80. The third-order valence-electron chi connectivity index (χ3n) is 6.27. The maximum atomic E-state index is 5.96. The minimum absolute atomic E-state index is 0.669. The van der Waals surface area contributed by atoms with Crippen LogP contribution >= 0.6 is 11.6 Å². The van der Waals surface area contributed by atoms with Gasteiger partial charge in [0.25, 0.3) is 0 Å². The van der Waals surface area contributed by atoms with Gasteiger partial charge in [0.2, 0.25) is 0 Å². The summed E-state index contributed by atoms with van der Waals surface area (Å²) in [6, 6.07) is 33.4. The number of alkyl halides is 1. The van der Waals surface area contributed by atoms with Crippen LogP contribution in [0.4, 0.5) is 0 Å². The second-order valence-electron chi connectivity index (χ2n) is 8.11. The van der Waals surface area contributed by atoms with Gasteiger partial charge in [0.05, 0.1) is 0 Å². The molecule has 0 aliphatic heterocycles. The van der Waals surface area contributed by atoms with Gasteiger partial charge in [0.1, 0.15) is 0 Å². The van der Waals surface area contributed by atoms with Crippen molar-refractivity contribution in [1.29, 1.82) is 0 Å². The molecule has 0 aliphatic carbocycles. The zero-order valence-corrected chi connectivity index (χ0v) is 18.6. The Kier molecular flexibility index (Phi) is 5.63. The van der Waals surface area contributed by atoms with Crippen molar-refractivity contribution in [2.75, 3.05) is 19.0 Å². The van der Waals surface area contributed by atoms with Gasteiger partial charge in [-0.2, -0.15) is 0 Å². The molecular weight excluding hydrogens is 398 g/mol. The van der Waals surface area contributed by atoms with Gasteiger partial charge in [-0.15, -0.1) is 11.6 Å². The van der Waals surface area contributed by atoms with Crippen LogP contribution in [0.3, 0.4) is 0 Å². The van der Waals surface area contributed by atoms with E-state index in [1.165, 1.54) is 49.0 Å². The molecule has 0 saturated carbocycles. The van der Waals surface area contributed by atoms with E-state index in [-0.39, 0.29) is 0 Å². The highest BCUT2D eigenvalue weighted by atomic mass is 35.5. The van der Waals surface area contributed by atoms with E-state index in [0.29, 0.717) is 5.88 Å². The first-order chi connectivity index (χ1) is 15.3. The minimum Gasteiger partial charge on any atom is -0.298 e. The zero-order chi connectivity index (χ0) is 21.2. The fraction of sp³-hybridized carbons (Fsp3) is 0.172. The Balaban J connectivity index is 1.68. The maximum absolute atomic E-state index is 5.96. The average molecular weight is 424 g/mol. The molecule has 5 aromatic rings. The van der Waals surface area contributed by atoms with Gasteiger partial charge < -0.3 is 0 Å². The van der Waals surface area contributed by atoms with Crippen molar-refractivity contribution < 1.29 is 0 Å². The molecule has 0 N–H and O–H groups in total. The lowest BCUT2D eigenvalue weighted by atomic mass is 9.89. The average Bonchev–Trinajstić information content (AvgIpc) is 2.83. The van der Waals surface area contributed by atoms with E-state index in [9.17, 15) is 0 Å². The van der Waals surface area contributed by atoms with Gasteiger partial charge in [-0.25, -0.2) is 0 Å². The van der Waals surface area contributed by atoms with Crippen molar-refractivity contribution in [2.24, 2.45) is 0 Å². The fourth-order valence-electron chi connectivity index (χ4n) is 4.63. The highest BCUT2D eigenvalue weighted by Gasteiger charge is 2.12. The Morgan fingerprint density at radius 1 is 0.677 bits per heavy atom. The summed E-state index contributed by atoms with van der Waals surface area (Å²) in [6.45, 7) is 5.05. The lowest BCUT2D eigenvalue weighted by Crippen LogP contribution is -2.24. The predicted molar refractivity (Wildman–Crippen MR) is 136 cm³/mol. The fourth-order valence-corrected chi connectivity index (χ4v) is 4.87. The monoisotopic (exact) mass is 423 g/mol. The molecular formula is C29H26ClN. The molecule has 2 heteroatoms. The zero-order valence-electron chi connectivity index (χ0n) is 17.8. The van der Waals surface area contributed by atoms with Crippen LogP contribution < -0.4 is 0 Å². The molecule has 0 aromatic heterocycles. The Hall–Kier alpha value is -2.87. The summed E-state index contributed by atoms with van der Waals surface area (Å²) < 4.78 is 0. The quantitative estimate of drug-likeness (QED) is 0.152.